The standard InChI is InChI=1S/C14H29NO2/c1-4-14(5-2,6-3)17-12-11-15-9-7-13(16)8-10-15/h13,16H,4-12H2,1-3H3. The van der Waals surface area contributed by atoms with E-state index in [2.05, 4.69) is 25.7 Å². The van der Waals surface area contributed by atoms with Crippen LogP contribution in [0.1, 0.15) is 52.9 Å². The van der Waals surface area contributed by atoms with E-state index < -0.39 is 0 Å². The second-order valence-electron chi connectivity index (χ2n) is 5.16. The van der Waals surface area contributed by atoms with Crippen molar-refractivity contribution in [2.45, 2.75) is 64.6 Å². The van der Waals surface area contributed by atoms with Gasteiger partial charge in [0.05, 0.1) is 18.3 Å². The van der Waals surface area contributed by atoms with Crippen LogP contribution >= 0.6 is 0 Å². The Hall–Kier alpha value is -0.120. The fourth-order valence-electron chi connectivity index (χ4n) is 2.59. The fourth-order valence-corrected chi connectivity index (χ4v) is 2.59. The molecule has 0 bridgehead atoms. The van der Waals surface area contributed by atoms with Crippen molar-refractivity contribution < 1.29 is 9.84 Å². The van der Waals surface area contributed by atoms with Gasteiger partial charge in [0.1, 0.15) is 0 Å². The number of nitrogens with zero attached hydrogens (tertiary/aromatic N) is 1. The Bertz CT molecular complexity index is 188. The molecule has 3 nitrogen and oxygen atoms in total. The quantitative estimate of drug-likeness (QED) is 0.745. The molecule has 0 aromatic heterocycles. The third kappa shape index (κ3) is 4.57. The molecule has 1 saturated heterocycles. The van der Waals surface area contributed by atoms with Gasteiger partial charge in [0.25, 0.3) is 0 Å². The highest BCUT2D eigenvalue weighted by atomic mass is 16.5. The van der Waals surface area contributed by atoms with Crippen molar-refractivity contribution in [3.63, 3.8) is 0 Å². The minimum absolute atomic E-state index is 0.0758. The summed E-state index contributed by atoms with van der Waals surface area (Å²) >= 11 is 0. The number of piperidine rings is 1. The van der Waals surface area contributed by atoms with Crippen LogP contribution in [0.4, 0.5) is 0 Å². The fraction of sp³-hybridized carbons (Fsp3) is 1.00. The molecule has 3 heteroatoms. The van der Waals surface area contributed by atoms with Crippen LogP contribution in [0.25, 0.3) is 0 Å². The third-order valence-corrected chi connectivity index (χ3v) is 4.31. The van der Waals surface area contributed by atoms with E-state index in [0.717, 1.165) is 58.3 Å². The number of rotatable bonds is 7. The van der Waals surface area contributed by atoms with Crippen LogP contribution < -0.4 is 0 Å². The van der Waals surface area contributed by atoms with Gasteiger partial charge >= 0.3 is 0 Å². The third-order valence-electron chi connectivity index (χ3n) is 4.31. The molecule has 0 radical (unpaired) electrons. The van der Waals surface area contributed by atoms with Crippen molar-refractivity contribution in [3.05, 3.63) is 0 Å². The molecule has 0 aliphatic carbocycles. The average Bonchev–Trinajstić information content (AvgIpc) is 2.38. The SMILES string of the molecule is CCC(CC)(CC)OCCN1CCC(O)CC1. The summed E-state index contributed by atoms with van der Waals surface area (Å²) in [6.45, 7) is 10.5. The summed E-state index contributed by atoms with van der Waals surface area (Å²) < 4.78 is 6.10. The summed E-state index contributed by atoms with van der Waals surface area (Å²) in [5.74, 6) is 0. The van der Waals surface area contributed by atoms with Crippen LogP contribution in [-0.4, -0.2) is 48.0 Å². The predicted octanol–water partition coefficient (Wildman–Crippen LogP) is 2.43. The predicted molar refractivity (Wildman–Crippen MR) is 71.2 cm³/mol. The van der Waals surface area contributed by atoms with Crippen LogP contribution in [0, 0.1) is 0 Å². The zero-order valence-electron chi connectivity index (χ0n) is 11.7. The van der Waals surface area contributed by atoms with Crippen LogP contribution in [0.3, 0.4) is 0 Å². The van der Waals surface area contributed by atoms with Gasteiger partial charge < -0.3 is 14.7 Å². The highest BCUT2D eigenvalue weighted by Gasteiger charge is 2.25. The van der Waals surface area contributed by atoms with E-state index in [0.29, 0.717) is 0 Å². The zero-order chi connectivity index (χ0) is 12.7. The van der Waals surface area contributed by atoms with E-state index in [1.165, 1.54) is 0 Å². The first kappa shape index (κ1) is 14.9. The van der Waals surface area contributed by atoms with E-state index in [-0.39, 0.29) is 11.7 Å². The Morgan fingerprint density at radius 3 is 2.12 bits per heavy atom. The Morgan fingerprint density at radius 2 is 1.65 bits per heavy atom. The van der Waals surface area contributed by atoms with E-state index in [9.17, 15) is 5.11 Å². The molecular formula is C14H29NO2. The molecule has 0 amide bonds. The number of likely N-dealkylation sites (tertiary alicyclic amines) is 1. The van der Waals surface area contributed by atoms with Gasteiger partial charge in [-0.25, -0.2) is 0 Å². The van der Waals surface area contributed by atoms with Gasteiger partial charge in [-0.1, -0.05) is 20.8 Å². The van der Waals surface area contributed by atoms with E-state index in [1.807, 2.05) is 0 Å². The van der Waals surface area contributed by atoms with Crippen molar-refractivity contribution in [2.24, 2.45) is 0 Å². The number of aliphatic hydroxyl groups is 1. The molecule has 0 aromatic rings. The lowest BCUT2D eigenvalue weighted by molar-refractivity contribution is -0.0635. The molecule has 17 heavy (non-hydrogen) atoms. The first-order valence-electron chi connectivity index (χ1n) is 7.20. The molecule has 1 fully saturated rings. The minimum atomic E-state index is -0.0758. The number of hydrogen-bond donors (Lipinski definition) is 1. The summed E-state index contributed by atoms with van der Waals surface area (Å²) in [7, 11) is 0. The molecule has 0 saturated carbocycles. The lowest BCUT2D eigenvalue weighted by atomic mass is 9.94. The van der Waals surface area contributed by atoms with E-state index in [4.69, 9.17) is 4.74 Å². The maximum absolute atomic E-state index is 9.44. The Kier molecular flexibility index (Phi) is 6.45. The Balaban J connectivity index is 2.22. The first-order chi connectivity index (χ1) is 8.15. The molecule has 0 unspecified atom stereocenters. The van der Waals surface area contributed by atoms with Crippen molar-refractivity contribution in [3.8, 4) is 0 Å². The van der Waals surface area contributed by atoms with Crippen molar-refractivity contribution in [2.75, 3.05) is 26.2 Å². The summed E-state index contributed by atoms with van der Waals surface area (Å²) in [4.78, 5) is 2.40. The largest absolute Gasteiger partial charge is 0.393 e. The second-order valence-corrected chi connectivity index (χ2v) is 5.16. The Morgan fingerprint density at radius 1 is 1.12 bits per heavy atom. The van der Waals surface area contributed by atoms with Gasteiger partial charge in [-0.3, -0.25) is 0 Å². The summed E-state index contributed by atoms with van der Waals surface area (Å²) in [5.41, 5.74) is 0.0926. The van der Waals surface area contributed by atoms with Crippen LogP contribution in [0.2, 0.25) is 0 Å². The summed E-state index contributed by atoms with van der Waals surface area (Å²) in [5, 5.41) is 9.44. The molecule has 0 spiro atoms. The van der Waals surface area contributed by atoms with Gasteiger partial charge in [0.2, 0.25) is 0 Å². The molecule has 102 valence electrons. The highest BCUT2D eigenvalue weighted by molar-refractivity contribution is 4.76. The normalized spacial score (nSPS) is 19.8. The second kappa shape index (κ2) is 7.34. The van der Waals surface area contributed by atoms with Gasteiger partial charge in [0, 0.05) is 19.6 Å². The van der Waals surface area contributed by atoms with Crippen LogP contribution in [-0.2, 0) is 4.74 Å². The molecule has 1 N–H and O–H groups in total. The van der Waals surface area contributed by atoms with Crippen LogP contribution in [0.5, 0.6) is 0 Å². The van der Waals surface area contributed by atoms with Crippen molar-refractivity contribution in [1.82, 2.24) is 4.90 Å². The molecule has 0 atom stereocenters. The Labute approximate surface area is 106 Å². The molecule has 1 aliphatic heterocycles. The average molecular weight is 243 g/mol. The summed E-state index contributed by atoms with van der Waals surface area (Å²) in [6, 6.07) is 0. The van der Waals surface area contributed by atoms with E-state index in [1.54, 1.807) is 0 Å². The van der Waals surface area contributed by atoms with E-state index >= 15 is 0 Å². The van der Waals surface area contributed by atoms with Crippen LogP contribution in [0.15, 0.2) is 0 Å². The highest BCUT2D eigenvalue weighted by Crippen LogP contribution is 2.24. The number of ether oxygens (including phenoxy) is 1. The minimum Gasteiger partial charge on any atom is -0.393 e. The zero-order valence-corrected chi connectivity index (χ0v) is 11.7. The van der Waals surface area contributed by atoms with Gasteiger partial charge in [0.15, 0.2) is 0 Å². The van der Waals surface area contributed by atoms with Crippen molar-refractivity contribution >= 4 is 0 Å². The van der Waals surface area contributed by atoms with Gasteiger partial charge in [-0.05, 0) is 32.1 Å². The number of hydrogen-bond acceptors (Lipinski definition) is 3. The summed E-state index contributed by atoms with van der Waals surface area (Å²) in [6.07, 6.45) is 5.05. The van der Waals surface area contributed by atoms with Crippen molar-refractivity contribution in [1.29, 1.82) is 0 Å². The molecule has 1 rings (SSSR count). The number of aliphatic hydroxyl groups excluding tert-OH is 1. The van der Waals surface area contributed by atoms with Gasteiger partial charge in [-0.2, -0.15) is 0 Å². The molecule has 0 aromatic carbocycles. The van der Waals surface area contributed by atoms with Gasteiger partial charge in [-0.15, -0.1) is 0 Å². The maximum Gasteiger partial charge on any atom is 0.0675 e. The molecule has 1 heterocycles. The smallest absolute Gasteiger partial charge is 0.0675 e. The molecular weight excluding hydrogens is 214 g/mol. The topological polar surface area (TPSA) is 32.7 Å². The molecule has 1 aliphatic rings. The monoisotopic (exact) mass is 243 g/mol. The maximum atomic E-state index is 9.44. The lowest BCUT2D eigenvalue weighted by Gasteiger charge is -2.34. The lowest BCUT2D eigenvalue weighted by Crippen LogP contribution is -2.40. The first-order valence-corrected chi connectivity index (χ1v) is 7.20.